The highest BCUT2D eigenvalue weighted by Gasteiger charge is 2.46. The first kappa shape index (κ1) is 25.4. The van der Waals surface area contributed by atoms with E-state index >= 15 is 0 Å². The molecule has 0 aromatic heterocycles. The van der Waals surface area contributed by atoms with Crippen LogP contribution < -0.4 is 4.74 Å². The van der Waals surface area contributed by atoms with E-state index in [4.69, 9.17) is 9.47 Å². The lowest BCUT2D eigenvalue weighted by molar-refractivity contribution is -0.140. The summed E-state index contributed by atoms with van der Waals surface area (Å²) >= 11 is 0. The first-order valence-electron chi connectivity index (χ1n) is 11.6. The number of ether oxygens (including phenoxy) is 2. The van der Waals surface area contributed by atoms with Gasteiger partial charge in [0.15, 0.2) is 0 Å². The summed E-state index contributed by atoms with van der Waals surface area (Å²) in [6.45, 7) is 8.80. The number of nitrogens with zero attached hydrogens (tertiary/aromatic N) is 1. The first-order chi connectivity index (χ1) is 16.3. The van der Waals surface area contributed by atoms with E-state index in [1.807, 2.05) is 27.7 Å². The standard InChI is InChI=1S/C27H32FNO5/c1-5-14-34-22-12-11-19(16-18(22)4)25(30)23-24(20-9-6-7-10-21(20)28)29(27(32)26(23)31)13-8-15-33-17(2)3/h6-7,9-12,16-17,24,30H,5,8,13-15H2,1-4H3/b25-23+. The summed E-state index contributed by atoms with van der Waals surface area (Å²) in [5.74, 6) is -1.81. The zero-order chi connectivity index (χ0) is 24.8. The van der Waals surface area contributed by atoms with Gasteiger partial charge in [0.25, 0.3) is 11.7 Å². The number of rotatable bonds is 10. The van der Waals surface area contributed by atoms with E-state index in [9.17, 15) is 19.1 Å². The maximum absolute atomic E-state index is 14.8. The van der Waals surface area contributed by atoms with Gasteiger partial charge >= 0.3 is 0 Å². The second-order valence-electron chi connectivity index (χ2n) is 8.62. The Morgan fingerprint density at radius 2 is 1.88 bits per heavy atom. The lowest BCUT2D eigenvalue weighted by Crippen LogP contribution is -2.31. The van der Waals surface area contributed by atoms with Crippen LogP contribution in [0.4, 0.5) is 4.39 Å². The Hall–Kier alpha value is -3.19. The number of hydrogen-bond acceptors (Lipinski definition) is 5. The SMILES string of the molecule is CCCOc1ccc(/C(O)=C2\C(=O)C(=O)N(CCCOC(C)C)C2c2ccccc2F)cc1C. The largest absolute Gasteiger partial charge is 0.507 e. The van der Waals surface area contributed by atoms with Crippen LogP contribution in [-0.2, 0) is 14.3 Å². The minimum Gasteiger partial charge on any atom is -0.507 e. The van der Waals surface area contributed by atoms with Crippen molar-refractivity contribution in [2.45, 2.75) is 52.7 Å². The second-order valence-corrected chi connectivity index (χ2v) is 8.62. The van der Waals surface area contributed by atoms with Crippen LogP contribution in [0.25, 0.3) is 5.76 Å². The molecule has 0 radical (unpaired) electrons. The summed E-state index contributed by atoms with van der Waals surface area (Å²) in [6, 6.07) is 10.0. The quantitative estimate of drug-likeness (QED) is 0.225. The molecule has 0 bridgehead atoms. The predicted molar refractivity (Wildman–Crippen MR) is 128 cm³/mol. The van der Waals surface area contributed by atoms with Crippen molar-refractivity contribution in [3.8, 4) is 5.75 Å². The lowest BCUT2D eigenvalue weighted by atomic mass is 9.94. The zero-order valence-corrected chi connectivity index (χ0v) is 20.1. The number of amides is 1. The van der Waals surface area contributed by atoms with Crippen LogP contribution in [0.2, 0.25) is 0 Å². The lowest BCUT2D eigenvalue weighted by Gasteiger charge is -2.25. The van der Waals surface area contributed by atoms with Gasteiger partial charge in [0.05, 0.1) is 24.3 Å². The Morgan fingerprint density at radius 3 is 2.53 bits per heavy atom. The van der Waals surface area contributed by atoms with Crippen LogP contribution in [0.5, 0.6) is 5.75 Å². The first-order valence-corrected chi connectivity index (χ1v) is 11.6. The van der Waals surface area contributed by atoms with E-state index < -0.39 is 23.5 Å². The van der Waals surface area contributed by atoms with Gasteiger partial charge in [-0.3, -0.25) is 9.59 Å². The molecule has 1 saturated heterocycles. The number of aliphatic hydroxyl groups excluding tert-OH is 1. The number of Topliss-reactive ketones (excluding diaryl/α,β-unsaturated/α-hetero) is 1. The van der Waals surface area contributed by atoms with E-state index in [0.717, 1.165) is 12.0 Å². The topological polar surface area (TPSA) is 76.1 Å². The van der Waals surface area contributed by atoms with Gasteiger partial charge in [0.2, 0.25) is 0 Å². The monoisotopic (exact) mass is 469 g/mol. The van der Waals surface area contributed by atoms with Gasteiger partial charge in [-0.15, -0.1) is 0 Å². The molecule has 6 nitrogen and oxygen atoms in total. The molecule has 0 saturated carbocycles. The van der Waals surface area contributed by atoms with Crippen LogP contribution in [0.1, 0.15) is 56.3 Å². The van der Waals surface area contributed by atoms with Gasteiger partial charge in [0, 0.05) is 24.3 Å². The highest BCUT2D eigenvalue weighted by Crippen LogP contribution is 2.40. The number of carbonyl (C=O) groups is 2. The number of aliphatic hydroxyl groups is 1. The number of ketones is 1. The van der Waals surface area contributed by atoms with Crippen molar-refractivity contribution in [3.05, 3.63) is 70.5 Å². The van der Waals surface area contributed by atoms with Crippen LogP contribution in [0.3, 0.4) is 0 Å². The number of aryl methyl sites for hydroxylation is 1. The third-order valence-electron chi connectivity index (χ3n) is 5.64. The van der Waals surface area contributed by atoms with E-state index in [1.165, 1.54) is 17.0 Å². The third-order valence-corrected chi connectivity index (χ3v) is 5.64. The van der Waals surface area contributed by atoms with Crippen LogP contribution in [0.15, 0.2) is 48.0 Å². The highest BCUT2D eigenvalue weighted by atomic mass is 19.1. The number of carbonyl (C=O) groups excluding carboxylic acids is 2. The molecule has 1 aliphatic rings. The molecular weight excluding hydrogens is 437 g/mol. The van der Waals surface area contributed by atoms with Crippen LogP contribution in [-0.4, -0.2) is 47.6 Å². The van der Waals surface area contributed by atoms with Crippen molar-refractivity contribution < 1.29 is 28.6 Å². The van der Waals surface area contributed by atoms with Crippen LogP contribution in [0, 0.1) is 12.7 Å². The van der Waals surface area contributed by atoms with Crippen molar-refractivity contribution >= 4 is 17.4 Å². The minimum atomic E-state index is -1.03. The fourth-order valence-corrected chi connectivity index (χ4v) is 4.01. The summed E-state index contributed by atoms with van der Waals surface area (Å²) < 4.78 is 26.1. The van der Waals surface area contributed by atoms with Gasteiger partial charge in [-0.25, -0.2) is 4.39 Å². The molecule has 1 unspecified atom stereocenters. The van der Waals surface area contributed by atoms with Gasteiger partial charge in [0.1, 0.15) is 17.3 Å². The third kappa shape index (κ3) is 5.47. The van der Waals surface area contributed by atoms with E-state index in [-0.39, 0.29) is 29.5 Å². The summed E-state index contributed by atoms with van der Waals surface area (Å²) in [5, 5.41) is 11.2. The Balaban J connectivity index is 2.03. The van der Waals surface area contributed by atoms with Gasteiger partial charge in [-0.2, -0.15) is 0 Å². The molecule has 2 aromatic rings. The average Bonchev–Trinajstić information content (AvgIpc) is 3.05. The maximum atomic E-state index is 14.8. The molecule has 34 heavy (non-hydrogen) atoms. The number of hydrogen-bond donors (Lipinski definition) is 1. The zero-order valence-electron chi connectivity index (χ0n) is 20.1. The van der Waals surface area contributed by atoms with Crippen molar-refractivity contribution in [3.63, 3.8) is 0 Å². The second kappa shape index (κ2) is 11.3. The van der Waals surface area contributed by atoms with Crippen molar-refractivity contribution in [1.82, 2.24) is 4.90 Å². The Morgan fingerprint density at radius 1 is 1.15 bits per heavy atom. The molecule has 3 rings (SSSR count). The highest BCUT2D eigenvalue weighted by molar-refractivity contribution is 6.46. The number of benzene rings is 2. The average molecular weight is 470 g/mol. The van der Waals surface area contributed by atoms with Gasteiger partial charge < -0.3 is 19.5 Å². The van der Waals surface area contributed by atoms with E-state index in [0.29, 0.717) is 30.9 Å². The maximum Gasteiger partial charge on any atom is 0.295 e. The molecule has 1 N–H and O–H groups in total. The summed E-state index contributed by atoms with van der Waals surface area (Å²) in [4.78, 5) is 27.4. The van der Waals surface area contributed by atoms with Crippen molar-refractivity contribution in [1.29, 1.82) is 0 Å². The molecule has 182 valence electrons. The van der Waals surface area contributed by atoms with Crippen LogP contribution >= 0.6 is 0 Å². The summed E-state index contributed by atoms with van der Waals surface area (Å²) in [6.07, 6.45) is 1.36. The fraction of sp³-hybridized carbons (Fsp3) is 0.407. The minimum absolute atomic E-state index is 0.0327. The summed E-state index contributed by atoms with van der Waals surface area (Å²) in [7, 11) is 0. The molecule has 1 fully saturated rings. The molecular formula is C27H32FNO5. The molecule has 1 aliphatic heterocycles. The van der Waals surface area contributed by atoms with Gasteiger partial charge in [-0.05, 0) is 63.4 Å². The molecule has 7 heteroatoms. The van der Waals surface area contributed by atoms with E-state index in [1.54, 1.807) is 30.3 Å². The summed E-state index contributed by atoms with van der Waals surface area (Å²) in [5.41, 5.74) is 1.18. The van der Waals surface area contributed by atoms with E-state index in [2.05, 4.69) is 0 Å². The molecule has 0 aliphatic carbocycles. The van der Waals surface area contributed by atoms with Crippen molar-refractivity contribution in [2.24, 2.45) is 0 Å². The molecule has 1 amide bonds. The molecule has 2 aromatic carbocycles. The Kier molecular flexibility index (Phi) is 8.45. The number of halogens is 1. The van der Waals surface area contributed by atoms with Gasteiger partial charge in [-0.1, -0.05) is 25.1 Å². The Labute approximate surface area is 200 Å². The number of likely N-dealkylation sites (tertiary alicyclic amines) is 1. The molecule has 1 heterocycles. The molecule has 0 spiro atoms. The molecule has 1 atom stereocenters. The normalized spacial score (nSPS) is 17.6. The fourth-order valence-electron chi connectivity index (χ4n) is 4.01. The van der Waals surface area contributed by atoms with Crippen molar-refractivity contribution in [2.75, 3.05) is 19.8 Å². The predicted octanol–water partition coefficient (Wildman–Crippen LogP) is 5.16. The smallest absolute Gasteiger partial charge is 0.295 e. The Bertz CT molecular complexity index is 1080.